The molecule has 1 aliphatic rings. The van der Waals surface area contributed by atoms with Crippen LogP contribution in [0.3, 0.4) is 0 Å². The summed E-state index contributed by atoms with van der Waals surface area (Å²) in [6.07, 6.45) is 7.04. The van der Waals surface area contributed by atoms with Gasteiger partial charge in [-0.25, -0.2) is 0 Å². The summed E-state index contributed by atoms with van der Waals surface area (Å²) in [4.78, 5) is 23.8. The maximum atomic E-state index is 12.6. The number of aryl methyl sites for hydroxylation is 1. The van der Waals surface area contributed by atoms with Crippen LogP contribution in [0.15, 0.2) is 17.4 Å². The Morgan fingerprint density at radius 3 is 2.48 bits per heavy atom. The molecule has 1 fully saturated rings. The molecule has 0 unspecified atom stereocenters. The van der Waals surface area contributed by atoms with Gasteiger partial charge in [-0.15, -0.1) is 24.0 Å². The highest BCUT2D eigenvalue weighted by atomic mass is 127. The molecule has 2 heterocycles. The topological polar surface area (TPSA) is 69.0 Å². The Morgan fingerprint density at radius 2 is 1.93 bits per heavy atom. The van der Waals surface area contributed by atoms with Crippen molar-refractivity contribution in [2.75, 3.05) is 57.3 Å². The summed E-state index contributed by atoms with van der Waals surface area (Å²) >= 11 is 0. The van der Waals surface area contributed by atoms with E-state index in [1.807, 2.05) is 13.2 Å². The first-order valence-electron chi connectivity index (χ1n) is 10.6. The Labute approximate surface area is 192 Å². The molecule has 8 nitrogen and oxygen atoms in total. The lowest BCUT2D eigenvalue weighted by atomic mass is 10.3. The van der Waals surface area contributed by atoms with E-state index in [-0.39, 0.29) is 29.9 Å². The fraction of sp³-hybridized carbons (Fsp3) is 0.750. The number of nitrogens with one attached hydrogen (secondary N) is 1. The molecular formula is C20H38IN7O. The summed E-state index contributed by atoms with van der Waals surface area (Å²) in [7, 11) is 1.86. The van der Waals surface area contributed by atoms with Crippen LogP contribution in [0, 0.1) is 0 Å². The highest BCUT2D eigenvalue weighted by Crippen LogP contribution is 2.16. The summed E-state index contributed by atoms with van der Waals surface area (Å²) in [6, 6.07) is 0. The van der Waals surface area contributed by atoms with E-state index in [2.05, 4.69) is 41.0 Å². The molecule has 1 aromatic heterocycles. The van der Waals surface area contributed by atoms with E-state index >= 15 is 0 Å². The lowest BCUT2D eigenvalue weighted by Gasteiger charge is -2.35. The van der Waals surface area contributed by atoms with Crippen LogP contribution in [0.2, 0.25) is 0 Å². The minimum atomic E-state index is 0. The molecule has 1 aliphatic heterocycles. The molecule has 2 rings (SSSR count). The summed E-state index contributed by atoms with van der Waals surface area (Å²) in [6.45, 7) is 13.3. The minimum Gasteiger partial charge on any atom is -0.357 e. The van der Waals surface area contributed by atoms with E-state index in [1.54, 1.807) is 15.8 Å². The second-order valence-corrected chi connectivity index (χ2v) is 7.27. The standard InChI is InChI=1S/C20H37N7O.HI/c1-5-10-25(11-6-2)12-8-9-22-20(21-7-3)26-13-14-27(19(28)17-26)18-15-23-24(4)16-18;/h15-16H,5-14,17H2,1-4H3,(H,21,22);1H. The largest absolute Gasteiger partial charge is 0.357 e. The van der Waals surface area contributed by atoms with Crippen LogP contribution in [0.4, 0.5) is 5.69 Å². The number of nitrogens with zero attached hydrogens (tertiary/aromatic N) is 6. The smallest absolute Gasteiger partial charge is 0.246 e. The molecule has 166 valence electrons. The number of guanidine groups is 1. The van der Waals surface area contributed by atoms with Crippen molar-refractivity contribution in [3.8, 4) is 0 Å². The van der Waals surface area contributed by atoms with E-state index in [4.69, 9.17) is 4.99 Å². The molecule has 1 aromatic rings. The number of amides is 1. The lowest BCUT2D eigenvalue weighted by Crippen LogP contribution is -2.55. The SMILES string of the molecule is CCCN(CCC)CCCN=C(NCC)N1CCN(c2cnn(C)c2)C(=O)C1.I. The number of halogens is 1. The molecule has 0 aliphatic carbocycles. The van der Waals surface area contributed by atoms with Gasteiger partial charge in [-0.2, -0.15) is 5.10 Å². The Morgan fingerprint density at radius 1 is 1.21 bits per heavy atom. The third-order valence-electron chi connectivity index (χ3n) is 4.83. The van der Waals surface area contributed by atoms with Gasteiger partial charge in [0.05, 0.1) is 11.9 Å². The van der Waals surface area contributed by atoms with Crippen LogP contribution in [-0.4, -0.2) is 83.8 Å². The van der Waals surface area contributed by atoms with Gasteiger partial charge in [0, 0.05) is 39.4 Å². The number of hydrogen-bond donors (Lipinski definition) is 1. The number of carbonyl (C=O) groups excluding carboxylic acids is 1. The summed E-state index contributed by atoms with van der Waals surface area (Å²) in [5.74, 6) is 0.932. The predicted molar refractivity (Wildman–Crippen MR) is 130 cm³/mol. The molecule has 0 aromatic carbocycles. The van der Waals surface area contributed by atoms with Crippen LogP contribution in [-0.2, 0) is 11.8 Å². The van der Waals surface area contributed by atoms with Crippen LogP contribution >= 0.6 is 24.0 Å². The zero-order chi connectivity index (χ0) is 20.4. The zero-order valence-corrected chi connectivity index (χ0v) is 20.8. The first-order valence-corrected chi connectivity index (χ1v) is 10.6. The second kappa shape index (κ2) is 13.8. The third kappa shape index (κ3) is 8.12. The van der Waals surface area contributed by atoms with Gasteiger partial charge in [0.2, 0.25) is 5.91 Å². The number of aromatic nitrogens is 2. The molecule has 0 atom stereocenters. The van der Waals surface area contributed by atoms with Crippen LogP contribution in [0.25, 0.3) is 0 Å². The molecule has 1 N–H and O–H groups in total. The number of piperazine rings is 1. The maximum absolute atomic E-state index is 12.6. The van der Waals surface area contributed by atoms with Gasteiger partial charge in [0.25, 0.3) is 0 Å². The first-order chi connectivity index (χ1) is 13.6. The average Bonchev–Trinajstić information content (AvgIpc) is 3.10. The highest BCUT2D eigenvalue weighted by molar-refractivity contribution is 14.0. The third-order valence-corrected chi connectivity index (χ3v) is 4.83. The van der Waals surface area contributed by atoms with Crippen LogP contribution in [0.5, 0.6) is 0 Å². The van der Waals surface area contributed by atoms with E-state index in [9.17, 15) is 4.79 Å². The maximum Gasteiger partial charge on any atom is 0.246 e. The van der Waals surface area contributed by atoms with E-state index in [1.165, 1.54) is 12.8 Å². The number of carbonyl (C=O) groups is 1. The Bertz CT molecular complexity index is 628. The summed E-state index contributed by atoms with van der Waals surface area (Å²) in [5, 5.41) is 7.51. The molecule has 29 heavy (non-hydrogen) atoms. The zero-order valence-electron chi connectivity index (χ0n) is 18.4. The monoisotopic (exact) mass is 519 g/mol. The normalized spacial score (nSPS) is 15.1. The molecule has 0 radical (unpaired) electrons. The highest BCUT2D eigenvalue weighted by Gasteiger charge is 2.27. The average molecular weight is 519 g/mol. The Kier molecular flexibility index (Phi) is 12.2. The van der Waals surface area contributed by atoms with Gasteiger partial charge in [-0.05, 0) is 45.8 Å². The van der Waals surface area contributed by atoms with E-state index < -0.39 is 0 Å². The number of rotatable bonds is 10. The molecule has 1 saturated heterocycles. The fourth-order valence-electron chi connectivity index (χ4n) is 3.55. The molecule has 9 heteroatoms. The summed E-state index contributed by atoms with van der Waals surface area (Å²) in [5.41, 5.74) is 0.862. The van der Waals surface area contributed by atoms with Gasteiger partial charge in [-0.1, -0.05) is 13.8 Å². The summed E-state index contributed by atoms with van der Waals surface area (Å²) < 4.78 is 1.72. The minimum absolute atomic E-state index is 0. The van der Waals surface area contributed by atoms with Gasteiger partial charge < -0.3 is 20.0 Å². The van der Waals surface area contributed by atoms with Crippen molar-refractivity contribution in [1.82, 2.24) is 24.9 Å². The van der Waals surface area contributed by atoms with Crippen molar-refractivity contribution in [2.24, 2.45) is 12.0 Å². The van der Waals surface area contributed by atoms with Crippen molar-refractivity contribution in [3.05, 3.63) is 12.4 Å². The van der Waals surface area contributed by atoms with E-state index in [0.29, 0.717) is 13.1 Å². The van der Waals surface area contributed by atoms with Crippen molar-refractivity contribution in [3.63, 3.8) is 0 Å². The van der Waals surface area contributed by atoms with Gasteiger partial charge in [0.1, 0.15) is 6.54 Å². The van der Waals surface area contributed by atoms with Gasteiger partial charge >= 0.3 is 0 Å². The van der Waals surface area contributed by atoms with Crippen molar-refractivity contribution < 1.29 is 4.79 Å². The van der Waals surface area contributed by atoms with Gasteiger partial charge in [-0.3, -0.25) is 14.5 Å². The molecule has 0 bridgehead atoms. The number of hydrogen-bond acceptors (Lipinski definition) is 4. The molecule has 1 amide bonds. The van der Waals surface area contributed by atoms with Crippen LogP contribution in [0.1, 0.15) is 40.0 Å². The Balaban J connectivity index is 0.00000420. The molecular weight excluding hydrogens is 481 g/mol. The first kappa shape index (κ1) is 25.7. The van der Waals surface area contributed by atoms with E-state index in [0.717, 1.165) is 57.3 Å². The predicted octanol–water partition coefficient (Wildman–Crippen LogP) is 2.16. The van der Waals surface area contributed by atoms with Crippen molar-refractivity contribution in [2.45, 2.75) is 40.0 Å². The van der Waals surface area contributed by atoms with Gasteiger partial charge in [0.15, 0.2) is 5.96 Å². The lowest BCUT2D eigenvalue weighted by molar-refractivity contribution is -0.120. The van der Waals surface area contributed by atoms with Crippen LogP contribution < -0.4 is 10.2 Å². The number of anilines is 1. The molecule has 0 spiro atoms. The molecule has 0 saturated carbocycles. The fourth-order valence-corrected chi connectivity index (χ4v) is 3.55. The number of aliphatic imine (C=N–C) groups is 1. The Hall–Kier alpha value is -1.36. The second-order valence-electron chi connectivity index (χ2n) is 7.27. The van der Waals surface area contributed by atoms with Crippen molar-refractivity contribution >= 4 is 41.5 Å². The quantitative estimate of drug-likeness (QED) is 0.222. The van der Waals surface area contributed by atoms with Crippen molar-refractivity contribution in [1.29, 1.82) is 0 Å².